The standard InChI is InChI=1S/C24H26N2O2/c1-15-4-5-17(14-27)18(10-15)11-19-22-20(12-24(2,3)13-21(22)28)26-23(19)16-6-8-25-9-7-16/h4-10,26-27H,11-14H2,1-3H3. The largest absolute Gasteiger partial charge is 0.392 e. The highest BCUT2D eigenvalue weighted by atomic mass is 16.3. The molecule has 28 heavy (non-hydrogen) atoms. The van der Waals surface area contributed by atoms with E-state index in [9.17, 15) is 9.90 Å². The van der Waals surface area contributed by atoms with Crippen molar-refractivity contribution >= 4 is 5.78 Å². The number of H-pyrrole nitrogens is 1. The first kappa shape index (κ1) is 18.6. The SMILES string of the molecule is Cc1ccc(CO)c(Cc2c(-c3ccncc3)[nH]c3c2C(=O)CC(C)(C)C3)c1. The average Bonchev–Trinajstić information content (AvgIpc) is 3.00. The third kappa shape index (κ3) is 3.40. The molecule has 144 valence electrons. The van der Waals surface area contributed by atoms with Crippen molar-refractivity contribution in [2.24, 2.45) is 5.41 Å². The van der Waals surface area contributed by atoms with Gasteiger partial charge in [0.05, 0.1) is 12.3 Å². The van der Waals surface area contributed by atoms with Gasteiger partial charge in [0.25, 0.3) is 0 Å². The van der Waals surface area contributed by atoms with E-state index in [0.29, 0.717) is 12.8 Å². The van der Waals surface area contributed by atoms with Crippen LogP contribution in [0.2, 0.25) is 0 Å². The van der Waals surface area contributed by atoms with E-state index in [-0.39, 0.29) is 17.8 Å². The van der Waals surface area contributed by atoms with Crippen LogP contribution in [0.25, 0.3) is 11.3 Å². The van der Waals surface area contributed by atoms with Crippen LogP contribution in [0.15, 0.2) is 42.7 Å². The maximum absolute atomic E-state index is 13.1. The number of aryl methyl sites for hydroxylation is 1. The van der Waals surface area contributed by atoms with E-state index < -0.39 is 0 Å². The number of pyridine rings is 1. The fourth-order valence-corrected chi connectivity index (χ4v) is 4.33. The highest BCUT2D eigenvalue weighted by Crippen LogP contribution is 2.40. The summed E-state index contributed by atoms with van der Waals surface area (Å²) >= 11 is 0. The van der Waals surface area contributed by atoms with Crippen molar-refractivity contribution in [3.63, 3.8) is 0 Å². The number of Topliss-reactive ketones (excluding diaryl/α,β-unsaturated/α-hetero) is 1. The van der Waals surface area contributed by atoms with E-state index in [2.05, 4.69) is 36.8 Å². The number of carbonyl (C=O) groups is 1. The average molecular weight is 374 g/mol. The number of aliphatic hydroxyl groups is 1. The summed E-state index contributed by atoms with van der Waals surface area (Å²) in [5.74, 6) is 0.205. The van der Waals surface area contributed by atoms with Gasteiger partial charge in [-0.25, -0.2) is 0 Å². The molecule has 0 atom stereocenters. The molecule has 0 radical (unpaired) electrons. The Labute approximate surface area is 165 Å². The highest BCUT2D eigenvalue weighted by molar-refractivity contribution is 6.02. The van der Waals surface area contributed by atoms with Crippen LogP contribution in [0.5, 0.6) is 0 Å². The third-order valence-corrected chi connectivity index (χ3v) is 5.62. The minimum atomic E-state index is -0.0404. The van der Waals surface area contributed by atoms with Crippen molar-refractivity contribution in [2.45, 2.75) is 46.6 Å². The smallest absolute Gasteiger partial charge is 0.165 e. The van der Waals surface area contributed by atoms with E-state index in [0.717, 1.165) is 51.2 Å². The maximum Gasteiger partial charge on any atom is 0.165 e. The predicted molar refractivity (Wildman–Crippen MR) is 110 cm³/mol. The molecule has 0 saturated heterocycles. The van der Waals surface area contributed by atoms with Crippen LogP contribution in [0.1, 0.15) is 58.6 Å². The fourth-order valence-electron chi connectivity index (χ4n) is 4.33. The number of aromatic nitrogens is 2. The van der Waals surface area contributed by atoms with Crippen LogP contribution in [-0.4, -0.2) is 20.9 Å². The quantitative estimate of drug-likeness (QED) is 0.700. The van der Waals surface area contributed by atoms with Gasteiger partial charge in [0.1, 0.15) is 0 Å². The lowest BCUT2D eigenvalue weighted by atomic mass is 9.75. The molecule has 0 spiro atoms. The fraction of sp³-hybridized carbons (Fsp3) is 0.333. The van der Waals surface area contributed by atoms with E-state index in [1.807, 2.05) is 24.3 Å². The van der Waals surface area contributed by atoms with E-state index in [1.165, 1.54) is 0 Å². The van der Waals surface area contributed by atoms with Gasteiger partial charge < -0.3 is 10.1 Å². The molecule has 1 aromatic carbocycles. The van der Waals surface area contributed by atoms with Crippen LogP contribution in [-0.2, 0) is 19.4 Å². The summed E-state index contributed by atoms with van der Waals surface area (Å²) in [6.45, 7) is 6.33. The Morgan fingerprint density at radius 1 is 1.11 bits per heavy atom. The van der Waals surface area contributed by atoms with Crippen molar-refractivity contribution in [3.8, 4) is 11.3 Å². The molecule has 4 nitrogen and oxygen atoms in total. The molecule has 4 rings (SSSR count). The van der Waals surface area contributed by atoms with Crippen molar-refractivity contribution in [3.05, 3.63) is 76.2 Å². The van der Waals surface area contributed by atoms with Crippen LogP contribution in [0.3, 0.4) is 0 Å². The number of nitrogens with one attached hydrogen (secondary N) is 1. The number of aromatic amines is 1. The van der Waals surface area contributed by atoms with Gasteiger partial charge in [-0.1, -0.05) is 37.6 Å². The topological polar surface area (TPSA) is 66.0 Å². The normalized spacial score (nSPS) is 15.5. The minimum Gasteiger partial charge on any atom is -0.392 e. The monoisotopic (exact) mass is 374 g/mol. The molecule has 0 amide bonds. The van der Waals surface area contributed by atoms with Crippen LogP contribution < -0.4 is 0 Å². The van der Waals surface area contributed by atoms with E-state index in [1.54, 1.807) is 12.4 Å². The molecule has 2 aromatic heterocycles. The number of aliphatic hydroxyl groups excluding tert-OH is 1. The number of hydrogen-bond acceptors (Lipinski definition) is 3. The summed E-state index contributed by atoms with van der Waals surface area (Å²) < 4.78 is 0. The second kappa shape index (κ2) is 7.02. The number of rotatable bonds is 4. The van der Waals surface area contributed by atoms with Crippen LogP contribution >= 0.6 is 0 Å². The second-order valence-electron chi connectivity index (χ2n) is 8.62. The van der Waals surface area contributed by atoms with Crippen molar-refractivity contribution in [2.75, 3.05) is 0 Å². The molecule has 2 heterocycles. The summed E-state index contributed by atoms with van der Waals surface area (Å²) in [7, 11) is 0. The third-order valence-electron chi connectivity index (χ3n) is 5.62. The van der Waals surface area contributed by atoms with Crippen molar-refractivity contribution in [1.29, 1.82) is 0 Å². The molecule has 0 saturated carbocycles. The van der Waals surface area contributed by atoms with E-state index in [4.69, 9.17) is 0 Å². The van der Waals surface area contributed by atoms with E-state index >= 15 is 0 Å². The maximum atomic E-state index is 13.1. The first-order valence-corrected chi connectivity index (χ1v) is 9.74. The zero-order valence-electron chi connectivity index (χ0n) is 16.7. The Bertz CT molecular complexity index is 1030. The lowest BCUT2D eigenvalue weighted by molar-refractivity contribution is 0.0911. The second-order valence-corrected chi connectivity index (χ2v) is 8.62. The van der Waals surface area contributed by atoms with Gasteiger partial charge in [0.2, 0.25) is 0 Å². The molecular weight excluding hydrogens is 348 g/mol. The molecular formula is C24H26N2O2. The Morgan fingerprint density at radius 3 is 2.57 bits per heavy atom. The molecule has 0 aliphatic heterocycles. The van der Waals surface area contributed by atoms with Crippen molar-refractivity contribution in [1.82, 2.24) is 9.97 Å². The molecule has 1 aliphatic rings. The molecule has 0 bridgehead atoms. The zero-order chi connectivity index (χ0) is 19.9. The van der Waals surface area contributed by atoms with Gasteiger partial charge in [0.15, 0.2) is 5.78 Å². The number of nitrogens with zero attached hydrogens (tertiary/aromatic N) is 1. The summed E-state index contributed by atoms with van der Waals surface area (Å²) in [5.41, 5.74) is 8.00. The van der Waals surface area contributed by atoms with Gasteiger partial charge in [-0.3, -0.25) is 9.78 Å². The van der Waals surface area contributed by atoms with Crippen LogP contribution in [0.4, 0.5) is 0 Å². The van der Waals surface area contributed by atoms with Gasteiger partial charge in [-0.05, 0) is 47.6 Å². The summed E-state index contributed by atoms with van der Waals surface area (Å²) in [6, 6.07) is 10.0. The zero-order valence-corrected chi connectivity index (χ0v) is 16.7. The number of hydrogen-bond donors (Lipinski definition) is 2. The molecule has 0 unspecified atom stereocenters. The van der Waals surface area contributed by atoms with Gasteiger partial charge in [-0.15, -0.1) is 0 Å². The molecule has 0 fully saturated rings. The Hall–Kier alpha value is -2.72. The summed E-state index contributed by atoms with van der Waals surface area (Å²) in [4.78, 5) is 20.8. The van der Waals surface area contributed by atoms with Gasteiger partial charge in [-0.2, -0.15) is 0 Å². The Kier molecular flexibility index (Phi) is 4.68. The lowest BCUT2D eigenvalue weighted by Crippen LogP contribution is -2.27. The molecule has 4 heteroatoms. The van der Waals surface area contributed by atoms with Gasteiger partial charge >= 0.3 is 0 Å². The predicted octanol–water partition coefficient (Wildman–Crippen LogP) is 4.62. The number of carbonyl (C=O) groups excluding carboxylic acids is 1. The minimum absolute atomic E-state index is 0.00616. The lowest BCUT2D eigenvalue weighted by Gasteiger charge is -2.28. The van der Waals surface area contributed by atoms with Crippen LogP contribution in [0, 0.1) is 12.3 Å². The number of fused-ring (bicyclic) bond motifs is 1. The molecule has 2 N–H and O–H groups in total. The Morgan fingerprint density at radius 2 is 1.86 bits per heavy atom. The number of benzene rings is 1. The number of ketones is 1. The highest BCUT2D eigenvalue weighted by Gasteiger charge is 2.35. The Balaban J connectivity index is 1.90. The van der Waals surface area contributed by atoms with Gasteiger partial charge in [0, 0.05) is 42.1 Å². The summed E-state index contributed by atoms with van der Waals surface area (Å²) in [5, 5.41) is 9.80. The molecule has 3 aromatic rings. The first-order chi connectivity index (χ1) is 13.4. The first-order valence-electron chi connectivity index (χ1n) is 9.74. The molecule has 1 aliphatic carbocycles. The van der Waals surface area contributed by atoms with Crippen molar-refractivity contribution < 1.29 is 9.90 Å². The summed E-state index contributed by atoms with van der Waals surface area (Å²) in [6.07, 6.45) is 5.58.